The molecule has 1 N–H and O–H groups in total. The predicted molar refractivity (Wildman–Crippen MR) is 69.7 cm³/mol. The number of hydrogen-bond donors (Lipinski definition) is 1. The van der Waals surface area contributed by atoms with Gasteiger partial charge in [-0.2, -0.15) is 10.2 Å². The van der Waals surface area contributed by atoms with E-state index in [4.69, 9.17) is 0 Å². The average molecular weight is 298 g/mol. The molecular weight excluding hydrogens is 282 g/mol. The molecule has 0 radical (unpaired) electrons. The zero-order chi connectivity index (χ0) is 12.4. The zero-order valence-corrected chi connectivity index (χ0v) is 11.8. The van der Waals surface area contributed by atoms with Gasteiger partial charge in [0.15, 0.2) is 0 Å². The molecule has 92 valence electrons. The van der Waals surface area contributed by atoms with Gasteiger partial charge in [0.2, 0.25) is 0 Å². The van der Waals surface area contributed by atoms with Crippen LogP contribution < -0.4 is 5.32 Å². The summed E-state index contributed by atoms with van der Waals surface area (Å²) in [5, 5.41) is 11.9. The SMILES string of the molecule is CCn1ncc(Br)c1C(NC)c1ccnn1C. The van der Waals surface area contributed by atoms with Crippen LogP contribution >= 0.6 is 15.9 Å². The second kappa shape index (κ2) is 5.01. The first-order valence-corrected chi connectivity index (χ1v) is 6.34. The molecule has 2 aromatic heterocycles. The van der Waals surface area contributed by atoms with Crippen molar-refractivity contribution in [3.05, 3.63) is 34.3 Å². The molecule has 5 nitrogen and oxygen atoms in total. The standard InChI is InChI=1S/C11H16BrN5/c1-4-17-11(8(12)7-15-17)10(13-2)9-5-6-14-16(9)3/h5-7,10,13H,4H2,1-3H3. The van der Waals surface area contributed by atoms with Crippen molar-refractivity contribution in [2.75, 3.05) is 7.05 Å². The monoisotopic (exact) mass is 297 g/mol. The number of aryl methyl sites for hydroxylation is 2. The average Bonchev–Trinajstić information content (AvgIpc) is 2.89. The maximum absolute atomic E-state index is 4.34. The minimum absolute atomic E-state index is 0.0827. The van der Waals surface area contributed by atoms with E-state index in [0.717, 1.165) is 22.4 Å². The summed E-state index contributed by atoms with van der Waals surface area (Å²) >= 11 is 3.56. The van der Waals surface area contributed by atoms with Gasteiger partial charge in [-0.1, -0.05) is 0 Å². The van der Waals surface area contributed by atoms with E-state index < -0.39 is 0 Å². The van der Waals surface area contributed by atoms with Crippen LogP contribution in [0.5, 0.6) is 0 Å². The molecule has 0 saturated heterocycles. The third kappa shape index (κ3) is 2.14. The van der Waals surface area contributed by atoms with E-state index in [1.165, 1.54) is 0 Å². The molecule has 0 aliphatic carbocycles. The van der Waals surface area contributed by atoms with Gasteiger partial charge in [-0.3, -0.25) is 9.36 Å². The van der Waals surface area contributed by atoms with E-state index in [-0.39, 0.29) is 6.04 Å². The van der Waals surface area contributed by atoms with E-state index in [1.54, 1.807) is 6.20 Å². The number of nitrogens with one attached hydrogen (secondary N) is 1. The molecule has 1 unspecified atom stereocenters. The smallest absolute Gasteiger partial charge is 0.0927 e. The van der Waals surface area contributed by atoms with Crippen molar-refractivity contribution in [1.82, 2.24) is 24.9 Å². The quantitative estimate of drug-likeness (QED) is 0.935. The molecule has 0 aromatic carbocycles. The van der Waals surface area contributed by atoms with Gasteiger partial charge in [-0.15, -0.1) is 0 Å². The van der Waals surface area contributed by atoms with E-state index in [9.17, 15) is 0 Å². The summed E-state index contributed by atoms with van der Waals surface area (Å²) in [6, 6.07) is 2.10. The van der Waals surface area contributed by atoms with Gasteiger partial charge in [0.25, 0.3) is 0 Å². The Morgan fingerprint density at radius 2 is 2.24 bits per heavy atom. The molecule has 0 spiro atoms. The highest BCUT2D eigenvalue weighted by atomic mass is 79.9. The van der Waals surface area contributed by atoms with Crippen LogP contribution in [0.3, 0.4) is 0 Å². The van der Waals surface area contributed by atoms with E-state index in [0.29, 0.717) is 0 Å². The van der Waals surface area contributed by atoms with Crippen LogP contribution in [-0.2, 0) is 13.6 Å². The first-order valence-electron chi connectivity index (χ1n) is 5.55. The van der Waals surface area contributed by atoms with Gasteiger partial charge in [0.1, 0.15) is 0 Å². The van der Waals surface area contributed by atoms with Gasteiger partial charge < -0.3 is 5.32 Å². The van der Waals surface area contributed by atoms with E-state index in [1.807, 2.05) is 35.7 Å². The Hall–Kier alpha value is -1.14. The van der Waals surface area contributed by atoms with Crippen LogP contribution in [-0.4, -0.2) is 26.6 Å². The number of aromatic nitrogens is 4. The fraction of sp³-hybridized carbons (Fsp3) is 0.455. The lowest BCUT2D eigenvalue weighted by Gasteiger charge is -2.18. The van der Waals surface area contributed by atoms with Crippen LogP contribution in [0, 0.1) is 0 Å². The largest absolute Gasteiger partial charge is 0.307 e. The fourth-order valence-electron chi connectivity index (χ4n) is 2.00. The third-order valence-electron chi connectivity index (χ3n) is 2.85. The fourth-order valence-corrected chi connectivity index (χ4v) is 2.53. The topological polar surface area (TPSA) is 47.7 Å². The van der Waals surface area contributed by atoms with Gasteiger partial charge >= 0.3 is 0 Å². The summed E-state index contributed by atoms with van der Waals surface area (Å²) in [5.41, 5.74) is 2.24. The lowest BCUT2D eigenvalue weighted by Crippen LogP contribution is -2.24. The Morgan fingerprint density at radius 3 is 2.76 bits per heavy atom. The molecule has 2 aromatic rings. The molecule has 0 saturated carbocycles. The maximum atomic E-state index is 4.34. The van der Waals surface area contributed by atoms with Crippen LogP contribution in [0.15, 0.2) is 22.9 Å². The molecule has 17 heavy (non-hydrogen) atoms. The normalized spacial score (nSPS) is 12.9. The van der Waals surface area contributed by atoms with Crippen molar-refractivity contribution in [2.45, 2.75) is 19.5 Å². The number of nitrogens with zero attached hydrogens (tertiary/aromatic N) is 4. The molecule has 6 heteroatoms. The molecule has 0 fully saturated rings. The second-order valence-electron chi connectivity index (χ2n) is 3.79. The molecule has 2 rings (SSSR count). The minimum atomic E-state index is 0.0827. The Balaban J connectivity index is 2.49. The lowest BCUT2D eigenvalue weighted by atomic mass is 10.1. The maximum Gasteiger partial charge on any atom is 0.0927 e. The summed E-state index contributed by atoms with van der Waals surface area (Å²) in [6.07, 6.45) is 3.64. The second-order valence-corrected chi connectivity index (χ2v) is 4.65. The zero-order valence-electron chi connectivity index (χ0n) is 10.2. The van der Waals surface area contributed by atoms with Crippen molar-refractivity contribution in [1.29, 1.82) is 0 Å². The van der Waals surface area contributed by atoms with Crippen molar-refractivity contribution in [3.8, 4) is 0 Å². The molecular formula is C11H16BrN5. The number of halogens is 1. The highest BCUT2D eigenvalue weighted by Crippen LogP contribution is 2.27. The Bertz CT molecular complexity index is 502. The summed E-state index contributed by atoms with van der Waals surface area (Å²) in [7, 11) is 3.89. The predicted octanol–water partition coefficient (Wildman–Crippen LogP) is 1.71. The molecule has 0 aliphatic heterocycles. The molecule has 1 atom stereocenters. The molecule has 2 heterocycles. The van der Waals surface area contributed by atoms with Crippen LogP contribution in [0.1, 0.15) is 24.4 Å². The molecule has 0 aliphatic rings. The third-order valence-corrected chi connectivity index (χ3v) is 3.46. The minimum Gasteiger partial charge on any atom is -0.307 e. The van der Waals surface area contributed by atoms with E-state index >= 15 is 0 Å². The van der Waals surface area contributed by atoms with Crippen molar-refractivity contribution >= 4 is 15.9 Å². The van der Waals surface area contributed by atoms with E-state index in [2.05, 4.69) is 38.4 Å². The number of hydrogen-bond acceptors (Lipinski definition) is 3. The Labute approximate surface area is 109 Å². The van der Waals surface area contributed by atoms with Gasteiger partial charge in [-0.05, 0) is 36.0 Å². The summed E-state index contributed by atoms with van der Waals surface area (Å²) < 4.78 is 4.87. The first-order chi connectivity index (χ1) is 8.19. The van der Waals surface area contributed by atoms with Gasteiger partial charge in [0, 0.05) is 19.8 Å². The van der Waals surface area contributed by atoms with Gasteiger partial charge in [-0.25, -0.2) is 0 Å². The van der Waals surface area contributed by atoms with Crippen molar-refractivity contribution in [2.24, 2.45) is 7.05 Å². The number of rotatable bonds is 4. The van der Waals surface area contributed by atoms with Crippen LogP contribution in [0.25, 0.3) is 0 Å². The van der Waals surface area contributed by atoms with Crippen LogP contribution in [0.4, 0.5) is 0 Å². The molecule has 0 bridgehead atoms. The summed E-state index contributed by atoms with van der Waals surface area (Å²) in [5.74, 6) is 0. The lowest BCUT2D eigenvalue weighted by molar-refractivity contribution is 0.533. The van der Waals surface area contributed by atoms with Crippen molar-refractivity contribution in [3.63, 3.8) is 0 Å². The Morgan fingerprint density at radius 1 is 1.47 bits per heavy atom. The van der Waals surface area contributed by atoms with Crippen molar-refractivity contribution < 1.29 is 0 Å². The Kier molecular flexibility index (Phi) is 3.63. The van der Waals surface area contributed by atoms with Gasteiger partial charge in [0.05, 0.1) is 28.1 Å². The summed E-state index contributed by atoms with van der Waals surface area (Å²) in [4.78, 5) is 0. The molecule has 0 amide bonds. The highest BCUT2D eigenvalue weighted by Gasteiger charge is 2.22. The highest BCUT2D eigenvalue weighted by molar-refractivity contribution is 9.10. The van der Waals surface area contributed by atoms with Crippen LogP contribution in [0.2, 0.25) is 0 Å². The summed E-state index contributed by atoms with van der Waals surface area (Å²) in [6.45, 7) is 2.93. The first kappa shape index (κ1) is 12.3.